The van der Waals surface area contributed by atoms with Crippen LogP contribution in [0.4, 0.5) is 15.8 Å². The molecule has 0 aliphatic heterocycles. The molecule has 0 radical (unpaired) electrons. The van der Waals surface area contributed by atoms with Gasteiger partial charge < -0.3 is 15.4 Å². The fourth-order valence-corrected chi connectivity index (χ4v) is 1.91. The highest BCUT2D eigenvalue weighted by molar-refractivity contribution is 5.62. The zero-order chi connectivity index (χ0) is 13.8. The third-order valence-electron chi connectivity index (χ3n) is 3.02. The maximum absolute atomic E-state index is 13.6. The van der Waals surface area contributed by atoms with Crippen molar-refractivity contribution in [2.24, 2.45) is 0 Å². The first-order valence-electron chi connectivity index (χ1n) is 6.00. The van der Waals surface area contributed by atoms with Gasteiger partial charge in [0.25, 0.3) is 0 Å². The van der Waals surface area contributed by atoms with Gasteiger partial charge in [0, 0.05) is 30.9 Å². The number of methoxy groups -OCH3 is 1. The van der Waals surface area contributed by atoms with Crippen molar-refractivity contribution < 1.29 is 9.13 Å². The Morgan fingerprint density at radius 3 is 2.63 bits per heavy atom. The van der Waals surface area contributed by atoms with Crippen molar-refractivity contribution in [1.29, 1.82) is 0 Å². The van der Waals surface area contributed by atoms with Crippen LogP contribution in [-0.2, 0) is 6.54 Å². The van der Waals surface area contributed by atoms with E-state index >= 15 is 0 Å². The average Bonchev–Trinajstić information content (AvgIpc) is 2.42. The lowest BCUT2D eigenvalue weighted by atomic mass is 10.2. The number of hydrogen-bond acceptors (Lipinski definition) is 3. The van der Waals surface area contributed by atoms with Crippen LogP contribution in [0.1, 0.15) is 5.56 Å². The lowest BCUT2D eigenvalue weighted by Gasteiger charge is -2.20. The van der Waals surface area contributed by atoms with Crippen LogP contribution in [-0.4, -0.2) is 14.2 Å². The van der Waals surface area contributed by atoms with E-state index in [9.17, 15) is 4.39 Å². The lowest BCUT2D eigenvalue weighted by molar-refractivity contribution is 0.417. The molecule has 0 spiro atoms. The summed E-state index contributed by atoms with van der Waals surface area (Å²) in [5, 5.41) is 0. The Labute approximate surface area is 112 Å². The van der Waals surface area contributed by atoms with Crippen LogP contribution < -0.4 is 15.4 Å². The summed E-state index contributed by atoms with van der Waals surface area (Å²) < 4.78 is 18.8. The lowest BCUT2D eigenvalue weighted by Crippen LogP contribution is -2.17. The maximum Gasteiger partial charge on any atom is 0.143 e. The molecule has 2 aromatic carbocycles. The minimum Gasteiger partial charge on any atom is -0.495 e. The minimum absolute atomic E-state index is 0.197. The molecule has 0 heterocycles. The second-order valence-corrected chi connectivity index (χ2v) is 4.37. The molecule has 0 amide bonds. The molecule has 0 unspecified atom stereocenters. The zero-order valence-corrected chi connectivity index (χ0v) is 11.1. The summed E-state index contributed by atoms with van der Waals surface area (Å²) in [5.41, 5.74) is 7.94. The summed E-state index contributed by atoms with van der Waals surface area (Å²) in [5.74, 6) is 0.426. The number of benzene rings is 2. The summed E-state index contributed by atoms with van der Waals surface area (Å²) in [7, 11) is 3.48. The molecule has 100 valence electrons. The minimum atomic E-state index is -0.197. The number of ether oxygens (including phenoxy) is 1. The number of anilines is 2. The third-order valence-corrected chi connectivity index (χ3v) is 3.02. The quantitative estimate of drug-likeness (QED) is 0.859. The standard InChI is InChI=1S/C15H17FN2O/c1-18(10-11-5-3-4-6-13(11)16)12-7-8-14(17)15(9-12)19-2/h3-9H,10,17H2,1-2H3. The van der Waals surface area contributed by atoms with Gasteiger partial charge in [-0.1, -0.05) is 18.2 Å². The van der Waals surface area contributed by atoms with Crippen molar-refractivity contribution >= 4 is 11.4 Å². The van der Waals surface area contributed by atoms with Gasteiger partial charge >= 0.3 is 0 Å². The monoisotopic (exact) mass is 260 g/mol. The normalized spacial score (nSPS) is 10.3. The third kappa shape index (κ3) is 2.96. The molecule has 4 heteroatoms. The second kappa shape index (κ2) is 5.61. The number of nitrogens with zero attached hydrogens (tertiary/aromatic N) is 1. The van der Waals surface area contributed by atoms with Gasteiger partial charge in [-0.25, -0.2) is 4.39 Å². The van der Waals surface area contributed by atoms with Crippen molar-refractivity contribution in [3.05, 3.63) is 53.8 Å². The van der Waals surface area contributed by atoms with E-state index in [1.807, 2.05) is 30.1 Å². The van der Waals surface area contributed by atoms with Crippen LogP contribution in [0.5, 0.6) is 5.75 Å². The largest absolute Gasteiger partial charge is 0.495 e. The van der Waals surface area contributed by atoms with Crippen LogP contribution >= 0.6 is 0 Å². The molecule has 0 aromatic heterocycles. The van der Waals surface area contributed by atoms with Gasteiger partial charge in [0.2, 0.25) is 0 Å². The maximum atomic E-state index is 13.6. The Balaban J connectivity index is 2.20. The first kappa shape index (κ1) is 13.2. The molecule has 0 aliphatic carbocycles. The van der Waals surface area contributed by atoms with E-state index in [0.717, 1.165) is 5.69 Å². The van der Waals surface area contributed by atoms with Crippen LogP contribution in [0.3, 0.4) is 0 Å². The highest BCUT2D eigenvalue weighted by Gasteiger charge is 2.08. The van der Waals surface area contributed by atoms with Crippen LogP contribution in [0.15, 0.2) is 42.5 Å². The van der Waals surface area contributed by atoms with Gasteiger partial charge in [-0.15, -0.1) is 0 Å². The van der Waals surface area contributed by atoms with Crippen molar-refractivity contribution in [3.8, 4) is 5.75 Å². The molecule has 3 nitrogen and oxygen atoms in total. The second-order valence-electron chi connectivity index (χ2n) is 4.37. The fraction of sp³-hybridized carbons (Fsp3) is 0.200. The molecule has 0 aliphatic rings. The van der Waals surface area contributed by atoms with Crippen LogP contribution in [0.25, 0.3) is 0 Å². The van der Waals surface area contributed by atoms with Gasteiger partial charge in [-0.05, 0) is 18.2 Å². The molecule has 0 saturated heterocycles. The Morgan fingerprint density at radius 1 is 1.21 bits per heavy atom. The topological polar surface area (TPSA) is 38.5 Å². The molecule has 2 rings (SSSR count). The summed E-state index contributed by atoms with van der Waals surface area (Å²) >= 11 is 0. The smallest absolute Gasteiger partial charge is 0.143 e. The molecular formula is C15H17FN2O. The molecule has 0 saturated carbocycles. The van der Waals surface area contributed by atoms with Crippen LogP contribution in [0, 0.1) is 5.82 Å². The first-order valence-corrected chi connectivity index (χ1v) is 6.00. The van der Waals surface area contributed by atoms with E-state index < -0.39 is 0 Å². The predicted molar refractivity (Wildman–Crippen MR) is 75.9 cm³/mol. The highest BCUT2D eigenvalue weighted by Crippen LogP contribution is 2.27. The predicted octanol–water partition coefficient (Wildman–Crippen LogP) is 3.05. The average molecular weight is 260 g/mol. The van der Waals surface area contributed by atoms with E-state index in [2.05, 4.69) is 0 Å². The molecule has 0 bridgehead atoms. The fourth-order valence-electron chi connectivity index (χ4n) is 1.91. The van der Waals surface area contributed by atoms with Crippen molar-refractivity contribution in [2.75, 3.05) is 24.8 Å². The first-order chi connectivity index (χ1) is 9.11. The van der Waals surface area contributed by atoms with E-state index in [-0.39, 0.29) is 5.82 Å². The molecule has 2 N–H and O–H groups in total. The van der Waals surface area contributed by atoms with Crippen LogP contribution in [0.2, 0.25) is 0 Å². The van der Waals surface area contributed by atoms with Gasteiger partial charge in [0.1, 0.15) is 11.6 Å². The van der Waals surface area contributed by atoms with E-state index in [0.29, 0.717) is 23.5 Å². The van der Waals surface area contributed by atoms with E-state index in [1.165, 1.54) is 6.07 Å². The number of nitrogens with two attached hydrogens (primary N) is 1. The molecule has 2 aromatic rings. The Kier molecular flexibility index (Phi) is 3.90. The molecule has 0 atom stereocenters. The van der Waals surface area contributed by atoms with Gasteiger partial charge in [-0.2, -0.15) is 0 Å². The van der Waals surface area contributed by atoms with Crippen molar-refractivity contribution in [1.82, 2.24) is 0 Å². The molecule has 19 heavy (non-hydrogen) atoms. The molecule has 0 fully saturated rings. The van der Waals surface area contributed by atoms with E-state index in [1.54, 1.807) is 25.3 Å². The van der Waals surface area contributed by atoms with Crippen molar-refractivity contribution in [3.63, 3.8) is 0 Å². The SMILES string of the molecule is COc1cc(N(C)Cc2ccccc2F)ccc1N. The Hall–Kier alpha value is -2.23. The summed E-state index contributed by atoms with van der Waals surface area (Å²) in [6.07, 6.45) is 0. The van der Waals surface area contributed by atoms with Gasteiger partial charge in [0.05, 0.1) is 12.8 Å². The Bertz CT molecular complexity index is 572. The molecular weight excluding hydrogens is 243 g/mol. The summed E-state index contributed by atoms with van der Waals surface area (Å²) in [4.78, 5) is 1.94. The van der Waals surface area contributed by atoms with Gasteiger partial charge in [-0.3, -0.25) is 0 Å². The summed E-state index contributed by atoms with van der Waals surface area (Å²) in [6.45, 7) is 0.486. The zero-order valence-electron chi connectivity index (χ0n) is 11.1. The summed E-state index contributed by atoms with van der Waals surface area (Å²) in [6, 6.07) is 12.3. The van der Waals surface area contributed by atoms with Gasteiger partial charge in [0.15, 0.2) is 0 Å². The number of hydrogen-bond donors (Lipinski definition) is 1. The Morgan fingerprint density at radius 2 is 1.95 bits per heavy atom. The number of halogens is 1. The van der Waals surface area contributed by atoms with Crippen molar-refractivity contribution in [2.45, 2.75) is 6.54 Å². The number of rotatable bonds is 4. The van der Waals surface area contributed by atoms with E-state index in [4.69, 9.17) is 10.5 Å². The highest BCUT2D eigenvalue weighted by atomic mass is 19.1. The number of nitrogen functional groups attached to an aromatic ring is 1.